The Labute approximate surface area is 172 Å². The van der Waals surface area contributed by atoms with Gasteiger partial charge in [0.05, 0.1) is 0 Å². The normalized spacial score (nSPS) is 10.4. The Morgan fingerprint density at radius 1 is 0.733 bits per heavy atom. The van der Waals surface area contributed by atoms with Gasteiger partial charge >= 0.3 is 0 Å². The van der Waals surface area contributed by atoms with E-state index in [-0.39, 0.29) is 11.8 Å². The molecule has 7 heteroatoms. The van der Waals surface area contributed by atoms with Gasteiger partial charge in [-0.2, -0.15) is 0 Å². The van der Waals surface area contributed by atoms with Gasteiger partial charge in [0, 0.05) is 35.0 Å². The second-order valence-corrected chi connectivity index (χ2v) is 6.57. The van der Waals surface area contributed by atoms with Gasteiger partial charge in [0.25, 0.3) is 5.91 Å². The molecule has 3 aromatic carbocycles. The number of nitrogens with zero attached hydrogens (tertiary/aromatic N) is 2. The fourth-order valence-electron chi connectivity index (χ4n) is 2.88. The lowest BCUT2D eigenvalue weighted by Gasteiger charge is -2.07. The number of anilines is 2. The van der Waals surface area contributed by atoms with Crippen LogP contribution in [0.3, 0.4) is 0 Å². The summed E-state index contributed by atoms with van der Waals surface area (Å²) in [6, 6.07) is 23.3. The SMILES string of the molecule is CC(=O)Nc1ccc(C(=O)Nc2cccc(-c3nnc(-c4ccccc4)o3)c2)cc1. The molecule has 0 atom stereocenters. The molecule has 0 saturated heterocycles. The Hall–Kier alpha value is -4.26. The average molecular weight is 398 g/mol. The number of amides is 2. The number of carbonyl (C=O) groups is 2. The molecule has 0 saturated carbocycles. The summed E-state index contributed by atoms with van der Waals surface area (Å²) in [4.78, 5) is 23.6. The van der Waals surface area contributed by atoms with E-state index in [9.17, 15) is 9.59 Å². The van der Waals surface area contributed by atoms with Crippen molar-refractivity contribution in [2.45, 2.75) is 6.92 Å². The lowest BCUT2D eigenvalue weighted by Crippen LogP contribution is -2.12. The maximum atomic E-state index is 12.5. The maximum Gasteiger partial charge on any atom is 0.255 e. The number of hydrogen-bond acceptors (Lipinski definition) is 5. The van der Waals surface area contributed by atoms with Crippen molar-refractivity contribution in [3.8, 4) is 22.9 Å². The molecule has 7 nitrogen and oxygen atoms in total. The van der Waals surface area contributed by atoms with Gasteiger partial charge in [-0.05, 0) is 54.6 Å². The highest BCUT2D eigenvalue weighted by Gasteiger charge is 2.12. The van der Waals surface area contributed by atoms with E-state index in [0.29, 0.717) is 34.3 Å². The summed E-state index contributed by atoms with van der Waals surface area (Å²) in [6.45, 7) is 1.43. The zero-order valence-corrected chi connectivity index (χ0v) is 16.1. The molecule has 1 aromatic heterocycles. The van der Waals surface area contributed by atoms with Crippen LogP contribution in [-0.4, -0.2) is 22.0 Å². The second-order valence-electron chi connectivity index (χ2n) is 6.57. The predicted octanol–water partition coefficient (Wildman–Crippen LogP) is 4.61. The fourth-order valence-corrected chi connectivity index (χ4v) is 2.88. The molecule has 4 rings (SSSR count). The van der Waals surface area contributed by atoms with Crippen LogP contribution < -0.4 is 10.6 Å². The zero-order chi connectivity index (χ0) is 20.9. The van der Waals surface area contributed by atoms with Crippen molar-refractivity contribution in [3.63, 3.8) is 0 Å². The molecule has 30 heavy (non-hydrogen) atoms. The quantitative estimate of drug-likeness (QED) is 0.511. The van der Waals surface area contributed by atoms with Crippen LogP contribution in [-0.2, 0) is 4.79 Å². The molecule has 0 radical (unpaired) electrons. The van der Waals surface area contributed by atoms with Crippen LogP contribution in [0.1, 0.15) is 17.3 Å². The van der Waals surface area contributed by atoms with Crippen molar-refractivity contribution >= 4 is 23.2 Å². The minimum Gasteiger partial charge on any atom is -0.416 e. The minimum atomic E-state index is -0.267. The summed E-state index contributed by atoms with van der Waals surface area (Å²) in [5.74, 6) is 0.362. The van der Waals surface area contributed by atoms with E-state index in [1.54, 1.807) is 42.5 Å². The van der Waals surface area contributed by atoms with E-state index < -0.39 is 0 Å². The third-order valence-corrected chi connectivity index (χ3v) is 4.28. The van der Waals surface area contributed by atoms with E-state index in [0.717, 1.165) is 5.56 Å². The molecule has 0 unspecified atom stereocenters. The Balaban J connectivity index is 1.49. The van der Waals surface area contributed by atoms with Gasteiger partial charge in [0.1, 0.15) is 0 Å². The van der Waals surface area contributed by atoms with Crippen LogP contribution in [0.2, 0.25) is 0 Å². The Morgan fingerprint density at radius 3 is 2.10 bits per heavy atom. The van der Waals surface area contributed by atoms with E-state index in [2.05, 4.69) is 20.8 Å². The van der Waals surface area contributed by atoms with Gasteiger partial charge in [-0.15, -0.1) is 10.2 Å². The molecule has 0 aliphatic carbocycles. The molecule has 0 bridgehead atoms. The molecule has 0 aliphatic heterocycles. The lowest BCUT2D eigenvalue weighted by atomic mass is 10.1. The topological polar surface area (TPSA) is 97.1 Å². The van der Waals surface area contributed by atoms with Crippen LogP contribution >= 0.6 is 0 Å². The summed E-state index contributed by atoms with van der Waals surface area (Å²) in [7, 11) is 0. The summed E-state index contributed by atoms with van der Waals surface area (Å²) in [6.07, 6.45) is 0. The maximum absolute atomic E-state index is 12.5. The van der Waals surface area contributed by atoms with Crippen LogP contribution in [0.25, 0.3) is 22.9 Å². The van der Waals surface area contributed by atoms with Crippen molar-refractivity contribution in [2.24, 2.45) is 0 Å². The van der Waals surface area contributed by atoms with Crippen molar-refractivity contribution in [1.82, 2.24) is 10.2 Å². The third-order valence-electron chi connectivity index (χ3n) is 4.28. The summed E-state index contributed by atoms with van der Waals surface area (Å²) in [5, 5.41) is 13.7. The van der Waals surface area contributed by atoms with Crippen LogP contribution in [0, 0.1) is 0 Å². The first-order valence-electron chi connectivity index (χ1n) is 9.27. The zero-order valence-electron chi connectivity index (χ0n) is 16.1. The standard InChI is InChI=1S/C23H18N4O3/c1-15(28)24-19-12-10-16(11-13-19)21(29)25-20-9-5-8-18(14-20)23-27-26-22(30-23)17-6-3-2-4-7-17/h2-14H,1H3,(H,24,28)(H,25,29). The Morgan fingerprint density at radius 2 is 1.40 bits per heavy atom. The molecule has 2 amide bonds. The fraction of sp³-hybridized carbons (Fsp3) is 0.0435. The smallest absolute Gasteiger partial charge is 0.255 e. The van der Waals surface area contributed by atoms with Gasteiger partial charge < -0.3 is 15.1 Å². The van der Waals surface area contributed by atoms with Crippen molar-refractivity contribution < 1.29 is 14.0 Å². The summed E-state index contributed by atoms with van der Waals surface area (Å²) < 4.78 is 5.78. The molecule has 0 fully saturated rings. The average Bonchev–Trinajstić information content (AvgIpc) is 3.25. The van der Waals surface area contributed by atoms with Gasteiger partial charge in [0.15, 0.2) is 0 Å². The number of nitrogens with one attached hydrogen (secondary N) is 2. The summed E-state index contributed by atoms with van der Waals surface area (Å²) >= 11 is 0. The minimum absolute atomic E-state index is 0.166. The molecular weight excluding hydrogens is 380 g/mol. The number of aromatic nitrogens is 2. The van der Waals surface area contributed by atoms with Crippen molar-refractivity contribution in [2.75, 3.05) is 10.6 Å². The Bertz CT molecular complexity index is 1180. The second kappa shape index (κ2) is 8.40. The molecule has 1 heterocycles. The first kappa shape index (κ1) is 19.1. The van der Waals surface area contributed by atoms with Crippen LogP contribution in [0.4, 0.5) is 11.4 Å². The molecule has 0 spiro atoms. The van der Waals surface area contributed by atoms with Gasteiger partial charge in [-0.3, -0.25) is 9.59 Å². The van der Waals surface area contributed by atoms with Crippen molar-refractivity contribution in [3.05, 3.63) is 84.4 Å². The predicted molar refractivity (Wildman–Crippen MR) is 114 cm³/mol. The van der Waals surface area contributed by atoms with Gasteiger partial charge in [-0.25, -0.2) is 0 Å². The van der Waals surface area contributed by atoms with E-state index >= 15 is 0 Å². The molecule has 0 aliphatic rings. The van der Waals surface area contributed by atoms with E-state index in [1.807, 2.05) is 36.4 Å². The van der Waals surface area contributed by atoms with E-state index in [1.165, 1.54) is 6.92 Å². The highest BCUT2D eigenvalue weighted by atomic mass is 16.4. The van der Waals surface area contributed by atoms with Crippen LogP contribution in [0.15, 0.2) is 83.3 Å². The number of rotatable bonds is 5. The molecule has 148 valence electrons. The van der Waals surface area contributed by atoms with Gasteiger partial charge in [-0.1, -0.05) is 24.3 Å². The highest BCUT2D eigenvalue weighted by Crippen LogP contribution is 2.25. The first-order valence-corrected chi connectivity index (χ1v) is 9.27. The number of carbonyl (C=O) groups excluding carboxylic acids is 2. The van der Waals surface area contributed by atoms with Crippen molar-refractivity contribution in [1.29, 1.82) is 0 Å². The molecule has 4 aromatic rings. The number of hydrogen-bond donors (Lipinski definition) is 2. The Kier molecular flexibility index (Phi) is 5.34. The number of benzene rings is 3. The van der Waals surface area contributed by atoms with Gasteiger partial charge in [0.2, 0.25) is 17.7 Å². The summed E-state index contributed by atoms with van der Waals surface area (Å²) in [5.41, 5.74) is 3.24. The molecule has 2 N–H and O–H groups in total. The first-order chi connectivity index (χ1) is 14.6. The van der Waals surface area contributed by atoms with E-state index in [4.69, 9.17) is 4.42 Å². The highest BCUT2D eigenvalue weighted by molar-refractivity contribution is 6.04. The van der Waals surface area contributed by atoms with Crippen LogP contribution in [0.5, 0.6) is 0 Å². The lowest BCUT2D eigenvalue weighted by molar-refractivity contribution is -0.114. The monoisotopic (exact) mass is 398 g/mol. The third kappa shape index (κ3) is 4.41. The largest absolute Gasteiger partial charge is 0.416 e. The molecular formula is C23H18N4O3.